The maximum atomic E-state index is 13.6. The van der Waals surface area contributed by atoms with Gasteiger partial charge in [-0.3, -0.25) is 4.79 Å². The number of nitrogens with zero attached hydrogens (tertiary/aromatic N) is 4. The van der Waals surface area contributed by atoms with Gasteiger partial charge in [-0.15, -0.1) is 10.2 Å². The minimum absolute atomic E-state index is 0.0132. The summed E-state index contributed by atoms with van der Waals surface area (Å²) in [7, 11) is 3.56. The van der Waals surface area contributed by atoms with E-state index in [9.17, 15) is 18.0 Å². The molecule has 1 aliphatic heterocycles. The summed E-state index contributed by atoms with van der Waals surface area (Å²) in [6, 6.07) is 7.24. The number of halogens is 3. The Labute approximate surface area is 166 Å². The molecular formula is C19H22F3N5O2. The van der Waals surface area contributed by atoms with Crippen LogP contribution in [0.4, 0.5) is 24.7 Å². The van der Waals surface area contributed by atoms with E-state index in [0.717, 1.165) is 6.07 Å². The number of hydrogen-bond donors (Lipinski definition) is 1. The fourth-order valence-corrected chi connectivity index (χ4v) is 2.95. The van der Waals surface area contributed by atoms with Gasteiger partial charge < -0.3 is 19.9 Å². The summed E-state index contributed by atoms with van der Waals surface area (Å²) >= 11 is 0. The standard InChI is InChI=1S/C19H22F3N5O2/c1-26(2)17-6-5-16(24-25-17)18(28)23-12-13-3-4-14(11-15(13)19(20,21)22)27-7-9-29-10-8-27/h3-6,11H,7-10,12H2,1-2H3,(H,23,28). The Balaban J connectivity index is 1.74. The van der Waals surface area contributed by atoms with E-state index in [1.165, 1.54) is 12.1 Å². The van der Waals surface area contributed by atoms with Gasteiger partial charge in [-0.2, -0.15) is 13.2 Å². The van der Waals surface area contributed by atoms with E-state index in [1.807, 2.05) is 4.90 Å². The molecule has 1 amide bonds. The fourth-order valence-electron chi connectivity index (χ4n) is 2.95. The molecule has 0 bridgehead atoms. The van der Waals surface area contributed by atoms with Crippen LogP contribution >= 0.6 is 0 Å². The summed E-state index contributed by atoms with van der Waals surface area (Å²) in [4.78, 5) is 15.8. The minimum Gasteiger partial charge on any atom is -0.378 e. The van der Waals surface area contributed by atoms with Crippen LogP contribution in [0, 0.1) is 0 Å². The van der Waals surface area contributed by atoms with Gasteiger partial charge in [0.05, 0.1) is 18.8 Å². The number of aromatic nitrogens is 2. The SMILES string of the molecule is CN(C)c1ccc(C(=O)NCc2ccc(N3CCOCC3)cc2C(F)(F)F)nn1. The predicted molar refractivity (Wildman–Crippen MR) is 102 cm³/mol. The third-order valence-electron chi connectivity index (χ3n) is 4.56. The fraction of sp³-hybridized carbons (Fsp3) is 0.421. The number of carbonyl (C=O) groups is 1. The highest BCUT2D eigenvalue weighted by molar-refractivity contribution is 5.92. The maximum Gasteiger partial charge on any atom is 0.416 e. The van der Waals surface area contributed by atoms with Gasteiger partial charge in [-0.1, -0.05) is 6.07 Å². The molecule has 156 valence electrons. The van der Waals surface area contributed by atoms with Crippen molar-refractivity contribution in [3.8, 4) is 0 Å². The van der Waals surface area contributed by atoms with E-state index < -0.39 is 17.6 Å². The van der Waals surface area contributed by atoms with Crippen molar-refractivity contribution in [2.24, 2.45) is 0 Å². The van der Waals surface area contributed by atoms with E-state index >= 15 is 0 Å². The van der Waals surface area contributed by atoms with E-state index in [2.05, 4.69) is 15.5 Å². The molecule has 1 aromatic carbocycles. The van der Waals surface area contributed by atoms with Crippen molar-refractivity contribution >= 4 is 17.4 Å². The van der Waals surface area contributed by atoms with E-state index in [0.29, 0.717) is 37.8 Å². The summed E-state index contributed by atoms with van der Waals surface area (Å²) in [6.07, 6.45) is -4.53. The molecule has 0 unspecified atom stereocenters. The molecule has 29 heavy (non-hydrogen) atoms. The monoisotopic (exact) mass is 409 g/mol. The molecule has 7 nitrogen and oxygen atoms in total. The first kappa shape index (κ1) is 20.8. The van der Waals surface area contributed by atoms with Gasteiger partial charge in [0.15, 0.2) is 11.5 Å². The summed E-state index contributed by atoms with van der Waals surface area (Å²) in [5.41, 5.74) is -0.258. The Bertz CT molecular complexity index is 850. The lowest BCUT2D eigenvalue weighted by atomic mass is 10.0. The Morgan fingerprint density at radius 3 is 2.48 bits per heavy atom. The van der Waals surface area contributed by atoms with Gasteiger partial charge in [-0.05, 0) is 29.8 Å². The number of hydrogen-bond acceptors (Lipinski definition) is 6. The van der Waals surface area contributed by atoms with Crippen LogP contribution < -0.4 is 15.1 Å². The van der Waals surface area contributed by atoms with Crippen molar-refractivity contribution in [2.75, 3.05) is 50.2 Å². The van der Waals surface area contributed by atoms with Crippen LogP contribution in [-0.2, 0) is 17.5 Å². The number of morpholine rings is 1. The molecule has 0 saturated carbocycles. The van der Waals surface area contributed by atoms with Crippen molar-refractivity contribution in [2.45, 2.75) is 12.7 Å². The minimum atomic E-state index is -4.53. The summed E-state index contributed by atoms with van der Waals surface area (Å²) in [5, 5.41) is 10.2. The number of rotatable bonds is 5. The van der Waals surface area contributed by atoms with Crippen LogP contribution in [0.3, 0.4) is 0 Å². The molecule has 3 rings (SSSR count). The van der Waals surface area contributed by atoms with Crippen LogP contribution in [0.2, 0.25) is 0 Å². The number of benzene rings is 1. The predicted octanol–water partition coefficient (Wildman–Crippen LogP) is 2.33. The summed E-state index contributed by atoms with van der Waals surface area (Å²) < 4.78 is 46.0. The highest BCUT2D eigenvalue weighted by Crippen LogP contribution is 2.35. The van der Waals surface area contributed by atoms with Gasteiger partial charge in [0.2, 0.25) is 0 Å². The second-order valence-corrected chi connectivity index (χ2v) is 6.79. The molecule has 0 aliphatic carbocycles. The molecule has 1 fully saturated rings. The Hall–Kier alpha value is -2.88. The molecule has 2 aromatic rings. The first-order chi connectivity index (χ1) is 13.8. The number of anilines is 2. The van der Waals surface area contributed by atoms with Crippen molar-refractivity contribution in [1.82, 2.24) is 15.5 Å². The number of ether oxygens (including phenoxy) is 1. The molecule has 1 N–H and O–H groups in total. The normalized spacial score (nSPS) is 14.6. The van der Waals surface area contributed by atoms with Crippen molar-refractivity contribution < 1.29 is 22.7 Å². The molecule has 1 aliphatic rings. The zero-order valence-corrected chi connectivity index (χ0v) is 16.2. The average molecular weight is 409 g/mol. The van der Waals surface area contributed by atoms with Crippen LogP contribution in [0.25, 0.3) is 0 Å². The topological polar surface area (TPSA) is 70.6 Å². The van der Waals surface area contributed by atoms with Gasteiger partial charge in [-0.25, -0.2) is 0 Å². The molecule has 0 spiro atoms. The highest BCUT2D eigenvalue weighted by Gasteiger charge is 2.34. The van der Waals surface area contributed by atoms with E-state index in [1.54, 1.807) is 31.1 Å². The first-order valence-electron chi connectivity index (χ1n) is 9.08. The van der Waals surface area contributed by atoms with E-state index in [4.69, 9.17) is 4.74 Å². The molecule has 10 heteroatoms. The van der Waals surface area contributed by atoms with Gasteiger partial charge in [0.25, 0.3) is 5.91 Å². The number of nitrogens with one attached hydrogen (secondary N) is 1. The van der Waals surface area contributed by atoms with Crippen molar-refractivity contribution in [3.05, 3.63) is 47.2 Å². The van der Waals surface area contributed by atoms with Crippen molar-refractivity contribution in [3.63, 3.8) is 0 Å². The van der Waals surface area contributed by atoms with Gasteiger partial charge in [0.1, 0.15) is 0 Å². The number of carbonyl (C=O) groups excluding carboxylic acids is 1. The number of amides is 1. The molecule has 0 radical (unpaired) electrons. The van der Waals surface area contributed by atoms with Crippen molar-refractivity contribution in [1.29, 1.82) is 0 Å². The second-order valence-electron chi connectivity index (χ2n) is 6.79. The maximum absolute atomic E-state index is 13.6. The molecule has 1 saturated heterocycles. The van der Waals surface area contributed by atoms with Crippen LogP contribution in [-0.4, -0.2) is 56.5 Å². The van der Waals surface area contributed by atoms with Gasteiger partial charge >= 0.3 is 6.18 Å². The third kappa shape index (κ3) is 5.14. The number of alkyl halides is 3. The summed E-state index contributed by atoms with van der Waals surface area (Å²) in [5.74, 6) is -0.0206. The smallest absolute Gasteiger partial charge is 0.378 e. The molecular weight excluding hydrogens is 387 g/mol. The van der Waals surface area contributed by atoms with Crippen LogP contribution in [0.1, 0.15) is 21.6 Å². The largest absolute Gasteiger partial charge is 0.416 e. The lowest BCUT2D eigenvalue weighted by Gasteiger charge is -2.29. The van der Waals surface area contributed by atoms with E-state index in [-0.39, 0.29) is 17.8 Å². The first-order valence-corrected chi connectivity index (χ1v) is 9.08. The Kier molecular flexibility index (Phi) is 6.21. The second kappa shape index (κ2) is 8.64. The quantitative estimate of drug-likeness (QED) is 0.818. The zero-order valence-electron chi connectivity index (χ0n) is 16.2. The molecule has 2 heterocycles. The zero-order chi connectivity index (χ0) is 21.0. The Morgan fingerprint density at radius 1 is 1.17 bits per heavy atom. The molecule has 0 atom stereocenters. The lowest BCUT2D eigenvalue weighted by molar-refractivity contribution is -0.138. The third-order valence-corrected chi connectivity index (χ3v) is 4.56. The van der Waals surface area contributed by atoms with Crippen LogP contribution in [0.5, 0.6) is 0 Å². The Morgan fingerprint density at radius 2 is 1.90 bits per heavy atom. The lowest BCUT2D eigenvalue weighted by Crippen LogP contribution is -2.36. The average Bonchev–Trinajstić information content (AvgIpc) is 2.72. The van der Waals surface area contributed by atoms with Crippen LogP contribution in [0.15, 0.2) is 30.3 Å². The highest BCUT2D eigenvalue weighted by atomic mass is 19.4. The molecule has 1 aromatic heterocycles. The summed E-state index contributed by atoms with van der Waals surface area (Å²) in [6.45, 7) is 1.76. The van der Waals surface area contributed by atoms with Gasteiger partial charge in [0, 0.05) is 39.4 Å².